The molecule has 0 radical (unpaired) electrons. The molecule has 1 aromatic heterocycles. The van der Waals surface area contributed by atoms with Crippen LogP contribution in [0.2, 0.25) is 0 Å². The number of alkyl halides is 3. The van der Waals surface area contributed by atoms with Gasteiger partial charge in [0.05, 0.1) is 12.8 Å². The molecule has 0 atom stereocenters. The van der Waals surface area contributed by atoms with Gasteiger partial charge in [-0.05, 0) is 67.1 Å². The first-order valence-corrected chi connectivity index (χ1v) is 10.1. The van der Waals surface area contributed by atoms with Gasteiger partial charge < -0.3 is 9.64 Å². The number of hydrogen-bond acceptors (Lipinski definition) is 3. The number of amides is 1. The molecule has 0 saturated heterocycles. The van der Waals surface area contributed by atoms with Crippen LogP contribution in [0.3, 0.4) is 0 Å². The molecule has 1 aliphatic carbocycles. The van der Waals surface area contributed by atoms with Crippen LogP contribution in [0.4, 0.5) is 18.9 Å². The molecule has 1 saturated carbocycles. The van der Waals surface area contributed by atoms with Gasteiger partial charge in [0.2, 0.25) is 0 Å². The van der Waals surface area contributed by atoms with Crippen LogP contribution in [-0.2, 0) is 12.6 Å². The average Bonchev–Trinajstić information content (AvgIpc) is 3.53. The number of hydrogen-bond donors (Lipinski definition) is 0. The summed E-state index contributed by atoms with van der Waals surface area (Å²) < 4.78 is 47.2. The van der Waals surface area contributed by atoms with Gasteiger partial charge in [-0.3, -0.25) is 4.79 Å². The van der Waals surface area contributed by atoms with E-state index in [9.17, 15) is 18.0 Å². The molecule has 1 amide bonds. The van der Waals surface area contributed by atoms with E-state index in [2.05, 4.69) is 5.10 Å². The number of anilines is 1. The monoisotopic (exact) mass is 427 g/mol. The molecule has 0 bridgehead atoms. The van der Waals surface area contributed by atoms with Crippen LogP contribution >= 0.6 is 0 Å². The van der Waals surface area contributed by atoms with E-state index < -0.39 is 17.8 Å². The van der Waals surface area contributed by atoms with Gasteiger partial charge in [-0.25, -0.2) is 4.68 Å². The molecule has 1 fully saturated rings. The Kier molecular flexibility index (Phi) is 4.53. The Morgan fingerprint density at radius 3 is 2.23 bits per heavy atom. The quantitative estimate of drug-likeness (QED) is 0.590. The highest BCUT2D eigenvalue weighted by Gasteiger charge is 2.43. The number of benzene rings is 2. The van der Waals surface area contributed by atoms with Crippen LogP contribution in [-0.4, -0.2) is 29.3 Å². The molecule has 8 heteroatoms. The summed E-state index contributed by atoms with van der Waals surface area (Å²) in [6.07, 6.45) is -2.22. The van der Waals surface area contributed by atoms with Crippen LogP contribution < -0.4 is 9.64 Å². The number of carbonyl (C=O) groups excluding carboxylic acids is 1. The van der Waals surface area contributed by atoms with E-state index in [4.69, 9.17) is 4.74 Å². The van der Waals surface area contributed by atoms with E-state index in [0.717, 1.165) is 4.68 Å². The van der Waals surface area contributed by atoms with Gasteiger partial charge in [0, 0.05) is 17.8 Å². The smallest absolute Gasteiger partial charge is 0.435 e. The van der Waals surface area contributed by atoms with Gasteiger partial charge in [-0.2, -0.15) is 18.3 Å². The lowest BCUT2D eigenvalue weighted by molar-refractivity contribution is -0.141. The van der Waals surface area contributed by atoms with Crippen molar-refractivity contribution < 1.29 is 22.7 Å². The van der Waals surface area contributed by atoms with Crippen LogP contribution in [0.25, 0.3) is 5.69 Å². The number of carbonyl (C=O) groups is 1. The largest absolute Gasteiger partial charge is 0.497 e. The third-order valence-electron chi connectivity index (χ3n) is 5.86. The molecular formula is C23H20F3N3O2. The molecule has 3 aromatic rings. The Labute approximate surface area is 177 Å². The molecule has 0 unspecified atom stereocenters. The van der Waals surface area contributed by atoms with E-state index >= 15 is 0 Å². The summed E-state index contributed by atoms with van der Waals surface area (Å²) in [5, 5.41) is 3.82. The Morgan fingerprint density at radius 2 is 1.65 bits per heavy atom. The Balaban J connectivity index is 1.57. The highest BCUT2D eigenvalue weighted by molar-refractivity contribution is 6.07. The lowest BCUT2D eigenvalue weighted by Crippen LogP contribution is -2.39. The zero-order valence-electron chi connectivity index (χ0n) is 16.8. The van der Waals surface area contributed by atoms with Crippen molar-refractivity contribution in [2.24, 2.45) is 0 Å². The van der Waals surface area contributed by atoms with Crippen molar-refractivity contribution in [3.63, 3.8) is 0 Å². The second kappa shape index (κ2) is 7.14. The highest BCUT2D eigenvalue weighted by atomic mass is 19.4. The molecular weight excluding hydrogens is 407 g/mol. The number of fused-ring (bicyclic) bond motifs is 1. The first-order chi connectivity index (χ1) is 14.9. The van der Waals surface area contributed by atoms with Crippen molar-refractivity contribution in [2.75, 3.05) is 18.6 Å². The van der Waals surface area contributed by atoms with Crippen molar-refractivity contribution >= 4 is 11.6 Å². The summed E-state index contributed by atoms with van der Waals surface area (Å²) in [7, 11) is 1.50. The number of nitrogens with zero attached hydrogens (tertiary/aromatic N) is 3. The van der Waals surface area contributed by atoms with Crippen LogP contribution in [0, 0.1) is 0 Å². The fraction of sp³-hybridized carbons (Fsp3) is 0.304. The van der Waals surface area contributed by atoms with Crippen molar-refractivity contribution in [3.8, 4) is 11.4 Å². The molecule has 5 nitrogen and oxygen atoms in total. The average molecular weight is 427 g/mol. The maximum Gasteiger partial charge on any atom is 0.435 e. The number of aromatic nitrogens is 2. The zero-order chi connectivity index (χ0) is 21.8. The number of halogens is 3. The second-order valence-electron chi connectivity index (χ2n) is 7.86. The summed E-state index contributed by atoms with van der Waals surface area (Å²) in [4.78, 5) is 14.9. The maximum atomic E-state index is 13.7. The SMILES string of the molecule is COc1ccc(-n2nc(C(F)(F)F)c3c2C(=O)N(c2ccc(C4CC4)cc2)CC3)cc1. The third kappa shape index (κ3) is 3.45. The third-order valence-corrected chi connectivity index (χ3v) is 5.86. The van der Waals surface area contributed by atoms with Gasteiger partial charge in [-0.15, -0.1) is 0 Å². The summed E-state index contributed by atoms with van der Waals surface area (Å²) in [6, 6.07) is 14.2. The molecule has 5 rings (SSSR count). The molecule has 0 N–H and O–H groups in total. The van der Waals surface area contributed by atoms with Crippen LogP contribution in [0.5, 0.6) is 5.75 Å². The maximum absolute atomic E-state index is 13.7. The molecule has 31 heavy (non-hydrogen) atoms. The number of methoxy groups -OCH3 is 1. The fourth-order valence-electron chi connectivity index (χ4n) is 4.09. The molecule has 2 aliphatic rings. The van der Waals surface area contributed by atoms with Gasteiger partial charge in [-0.1, -0.05) is 12.1 Å². The number of rotatable bonds is 4. The summed E-state index contributed by atoms with van der Waals surface area (Å²) in [6.45, 7) is 0.173. The Hall–Kier alpha value is -3.29. The van der Waals surface area contributed by atoms with Crippen LogP contribution in [0.1, 0.15) is 46.1 Å². The van der Waals surface area contributed by atoms with E-state index in [1.165, 1.54) is 30.4 Å². The predicted molar refractivity (Wildman–Crippen MR) is 109 cm³/mol. The van der Waals surface area contributed by atoms with Crippen molar-refractivity contribution in [2.45, 2.75) is 31.4 Å². The predicted octanol–water partition coefficient (Wildman–Crippen LogP) is 4.98. The van der Waals surface area contributed by atoms with E-state index in [1.807, 2.05) is 24.3 Å². The summed E-state index contributed by atoms with van der Waals surface area (Å²) in [5.74, 6) is 0.660. The Bertz CT molecular complexity index is 1130. The van der Waals surface area contributed by atoms with Gasteiger partial charge in [0.15, 0.2) is 5.69 Å². The molecule has 160 valence electrons. The second-order valence-corrected chi connectivity index (χ2v) is 7.86. The topological polar surface area (TPSA) is 47.4 Å². The zero-order valence-corrected chi connectivity index (χ0v) is 16.8. The first kappa shape index (κ1) is 19.7. The number of ether oxygens (including phenoxy) is 1. The van der Waals surface area contributed by atoms with E-state index in [-0.39, 0.29) is 24.2 Å². The van der Waals surface area contributed by atoms with E-state index in [0.29, 0.717) is 23.0 Å². The lowest BCUT2D eigenvalue weighted by Gasteiger charge is -2.28. The lowest BCUT2D eigenvalue weighted by atomic mass is 10.0. The minimum absolute atomic E-state index is 0.0463. The molecule has 2 heterocycles. The van der Waals surface area contributed by atoms with Crippen molar-refractivity contribution in [1.29, 1.82) is 0 Å². The minimum atomic E-state index is -4.64. The van der Waals surface area contributed by atoms with Gasteiger partial charge >= 0.3 is 6.18 Å². The fourth-order valence-corrected chi connectivity index (χ4v) is 4.09. The molecule has 0 spiro atoms. The standard InChI is InChI=1S/C23H20F3N3O2/c1-31-18-10-8-17(9-11-18)29-20-19(21(27-29)23(24,25)26)12-13-28(22(20)30)16-6-4-15(5-7-16)14-2-3-14/h4-11,14H,2-3,12-13H2,1H3. The van der Waals surface area contributed by atoms with Gasteiger partial charge in [0.1, 0.15) is 11.4 Å². The van der Waals surface area contributed by atoms with Crippen molar-refractivity contribution in [3.05, 3.63) is 71.0 Å². The molecule has 1 aliphatic heterocycles. The summed E-state index contributed by atoms with van der Waals surface area (Å²) in [5.41, 5.74) is 1.17. The normalized spacial score (nSPS) is 16.4. The summed E-state index contributed by atoms with van der Waals surface area (Å²) >= 11 is 0. The molecule has 2 aromatic carbocycles. The highest BCUT2D eigenvalue weighted by Crippen LogP contribution is 2.41. The Morgan fingerprint density at radius 1 is 1.00 bits per heavy atom. The minimum Gasteiger partial charge on any atom is -0.497 e. The van der Waals surface area contributed by atoms with Crippen LogP contribution in [0.15, 0.2) is 48.5 Å². The van der Waals surface area contributed by atoms with Crippen molar-refractivity contribution in [1.82, 2.24) is 9.78 Å². The van der Waals surface area contributed by atoms with E-state index in [1.54, 1.807) is 24.3 Å². The van der Waals surface area contributed by atoms with Gasteiger partial charge in [0.25, 0.3) is 5.91 Å². The first-order valence-electron chi connectivity index (χ1n) is 10.1.